The summed E-state index contributed by atoms with van der Waals surface area (Å²) < 4.78 is 11.3. The van der Waals surface area contributed by atoms with Gasteiger partial charge >= 0.3 is 0 Å². The van der Waals surface area contributed by atoms with Crippen molar-refractivity contribution < 1.29 is 19.1 Å². The highest BCUT2D eigenvalue weighted by Crippen LogP contribution is 2.31. The van der Waals surface area contributed by atoms with Crippen molar-refractivity contribution in [2.45, 2.75) is 25.5 Å². The second-order valence-electron chi connectivity index (χ2n) is 6.47. The van der Waals surface area contributed by atoms with Crippen molar-refractivity contribution in [1.82, 2.24) is 4.90 Å². The Balaban J connectivity index is 1.40. The van der Waals surface area contributed by atoms with Crippen LogP contribution in [-0.2, 0) is 16.1 Å². The van der Waals surface area contributed by atoms with E-state index >= 15 is 0 Å². The van der Waals surface area contributed by atoms with Crippen LogP contribution in [0.25, 0.3) is 0 Å². The molecule has 0 aliphatic carbocycles. The third kappa shape index (κ3) is 3.49. The van der Waals surface area contributed by atoms with Gasteiger partial charge in [-0.15, -0.1) is 0 Å². The number of hydrogen-bond donors (Lipinski definition) is 1. The minimum atomic E-state index is -0.700. The lowest BCUT2D eigenvalue weighted by Crippen LogP contribution is -2.40. The molecular weight excluding hydrogens is 332 g/mol. The highest BCUT2D eigenvalue weighted by molar-refractivity contribution is 5.94. The van der Waals surface area contributed by atoms with Gasteiger partial charge in [0.1, 0.15) is 6.61 Å². The number of amides is 2. The summed E-state index contributed by atoms with van der Waals surface area (Å²) in [5.41, 5.74) is 1.67. The van der Waals surface area contributed by atoms with Crippen molar-refractivity contribution in [3.8, 4) is 11.5 Å². The summed E-state index contributed by atoms with van der Waals surface area (Å²) in [5, 5.41) is 2.87. The number of benzene rings is 2. The van der Waals surface area contributed by atoms with Gasteiger partial charge in [-0.1, -0.05) is 24.3 Å². The number of carbonyl (C=O) groups excluding carboxylic acids is 2. The van der Waals surface area contributed by atoms with Crippen molar-refractivity contribution in [1.29, 1.82) is 0 Å². The zero-order valence-electron chi connectivity index (χ0n) is 14.3. The number of nitrogens with zero attached hydrogens (tertiary/aromatic N) is 1. The first kappa shape index (κ1) is 16.4. The second-order valence-corrected chi connectivity index (χ2v) is 6.47. The molecule has 1 N–H and O–H groups in total. The van der Waals surface area contributed by atoms with Gasteiger partial charge in [-0.2, -0.15) is 0 Å². The zero-order valence-corrected chi connectivity index (χ0v) is 14.3. The van der Waals surface area contributed by atoms with E-state index < -0.39 is 6.10 Å². The molecule has 2 aromatic rings. The first-order chi connectivity index (χ1) is 12.7. The molecular formula is C20H20N2O4. The van der Waals surface area contributed by atoms with Gasteiger partial charge in [0.15, 0.2) is 11.5 Å². The largest absolute Gasteiger partial charge is 0.485 e. The molecule has 4 rings (SSSR count). The van der Waals surface area contributed by atoms with Crippen LogP contribution in [0.4, 0.5) is 5.69 Å². The van der Waals surface area contributed by atoms with E-state index in [-0.39, 0.29) is 18.4 Å². The molecule has 2 aliphatic rings. The predicted octanol–water partition coefficient (Wildman–Crippen LogP) is 2.59. The fourth-order valence-corrected chi connectivity index (χ4v) is 3.21. The van der Waals surface area contributed by atoms with Crippen LogP contribution in [0.5, 0.6) is 11.5 Å². The Kier molecular flexibility index (Phi) is 4.48. The van der Waals surface area contributed by atoms with Gasteiger partial charge < -0.3 is 19.7 Å². The number of anilines is 1. The van der Waals surface area contributed by atoms with E-state index in [0.717, 1.165) is 18.5 Å². The quantitative estimate of drug-likeness (QED) is 0.918. The van der Waals surface area contributed by atoms with Crippen LogP contribution in [0.3, 0.4) is 0 Å². The fraction of sp³-hybridized carbons (Fsp3) is 0.300. The van der Waals surface area contributed by atoms with E-state index in [1.807, 2.05) is 47.4 Å². The third-order valence-corrected chi connectivity index (χ3v) is 4.54. The zero-order chi connectivity index (χ0) is 17.9. The van der Waals surface area contributed by atoms with Crippen LogP contribution in [0, 0.1) is 0 Å². The van der Waals surface area contributed by atoms with E-state index in [4.69, 9.17) is 9.47 Å². The van der Waals surface area contributed by atoms with Crippen molar-refractivity contribution in [3.63, 3.8) is 0 Å². The lowest BCUT2D eigenvalue weighted by atomic mass is 10.2. The normalized spacial score (nSPS) is 18.7. The topological polar surface area (TPSA) is 67.9 Å². The number of carbonyl (C=O) groups is 2. The standard InChI is InChI=1S/C20H20N2O4/c23-19-9-4-10-22(19)12-14-5-3-6-15(11-14)21-20(24)18-13-25-16-7-1-2-8-17(16)26-18/h1-3,5-8,11,18H,4,9-10,12-13H2,(H,21,24). The van der Waals surface area contributed by atoms with Crippen LogP contribution < -0.4 is 14.8 Å². The number of likely N-dealkylation sites (tertiary alicyclic amines) is 1. The SMILES string of the molecule is O=C(Nc1cccc(CN2CCCC2=O)c1)C1COc2ccccc2O1. The van der Waals surface area contributed by atoms with Crippen molar-refractivity contribution in [2.24, 2.45) is 0 Å². The molecule has 2 aromatic carbocycles. The maximum absolute atomic E-state index is 12.5. The Bertz CT molecular complexity index is 836. The number of hydrogen-bond acceptors (Lipinski definition) is 4. The minimum Gasteiger partial charge on any atom is -0.485 e. The highest BCUT2D eigenvalue weighted by atomic mass is 16.6. The van der Waals surface area contributed by atoms with Gasteiger partial charge in [0.05, 0.1) is 0 Å². The summed E-state index contributed by atoms with van der Waals surface area (Å²) in [6, 6.07) is 14.8. The van der Waals surface area contributed by atoms with Gasteiger partial charge in [0.25, 0.3) is 5.91 Å². The van der Waals surface area contributed by atoms with Crippen LogP contribution in [0.2, 0.25) is 0 Å². The summed E-state index contributed by atoms with van der Waals surface area (Å²) in [5.74, 6) is 1.15. The summed E-state index contributed by atoms with van der Waals surface area (Å²) in [6.45, 7) is 1.53. The van der Waals surface area contributed by atoms with Crippen LogP contribution in [0.1, 0.15) is 18.4 Å². The van der Waals surface area contributed by atoms with Crippen molar-refractivity contribution in [2.75, 3.05) is 18.5 Å². The number of fused-ring (bicyclic) bond motifs is 1. The second kappa shape index (κ2) is 7.07. The van der Waals surface area contributed by atoms with Crippen molar-refractivity contribution in [3.05, 3.63) is 54.1 Å². The van der Waals surface area contributed by atoms with Crippen LogP contribution >= 0.6 is 0 Å². The fourth-order valence-electron chi connectivity index (χ4n) is 3.21. The monoisotopic (exact) mass is 352 g/mol. The molecule has 0 aromatic heterocycles. The average Bonchev–Trinajstić information content (AvgIpc) is 3.06. The summed E-state index contributed by atoms with van der Waals surface area (Å²) in [6.07, 6.45) is 0.834. The van der Waals surface area contributed by atoms with Crippen LogP contribution in [0.15, 0.2) is 48.5 Å². The average molecular weight is 352 g/mol. The molecule has 26 heavy (non-hydrogen) atoms. The lowest BCUT2D eigenvalue weighted by molar-refractivity contribution is -0.128. The lowest BCUT2D eigenvalue weighted by Gasteiger charge is -2.25. The van der Waals surface area contributed by atoms with E-state index in [0.29, 0.717) is 30.2 Å². The summed E-state index contributed by atoms with van der Waals surface area (Å²) >= 11 is 0. The molecule has 6 heteroatoms. The van der Waals surface area contributed by atoms with Gasteiger partial charge in [-0.25, -0.2) is 0 Å². The molecule has 6 nitrogen and oxygen atoms in total. The molecule has 0 bridgehead atoms. The van der Waals surface area contributed by atoms with Crippen molar-refractivity contribution >= 4 is 17.5 Å². The number of para-hydroxylation sites is 2. The van der Waals surface area contributed by atoms with E-state index in [9.17, 15) is 9.59 Å². The number of ether oxygens (including phenoxy) is 2. The Morgan fingerprint density at radius 2 is 2.00 bits per heavy atom. The number of nitrogens with one attached hydrogen (secondary N) is 1. The molecule has 2 heterocycles. The van der Waals surface area contributed by atoms with Gasteiger partial charge in [-0.05, 0) is 36.2 Å². The molecule has 0 saturated carbocycles. The highest BCUT2D eigenvalue weighted by Gasteiger charge is 2.27. The maximum atomic E-state index is 12.5. The molecule has 2 amide bonds. The molecule has 2 aliphatic heterocycles. The molecule has 1 fully saturated rings. The first-order valence-corrected chi connectivity index (χ1v) is 8.75. The molecule has 1 unspecified atom stereocenters. The molecule has 134 valence electrons. The maximum Gasteiger partial charge on any atom is 0.269 e. The molecule has 0 radical (unpaired) electrons. The first-order valence-electron chi connectivity index (χ1n) is 8.75. The molecule has 1 saturated heterocycles. The van der Waals surface area contributed by atoms with Gasteiger partial charge in [0.2, 0.25) is 12.0 Å². The van der Waals surface area contributed by atoms with E-state index in [1.165, 1.54) is 0 Å². The van der Waals surface area contributed by atoms with Gasteiger partial charge in [0, 0.05) is 25.2 Å². The van der Waals surface area contributed by atoms with Gasteiger partial charge in [-0.3, -0.25) is 9.59 Å². The summed E-state index contributed by atoms with van der Waals surface area (Å²) in [7, 11) is 0. The third-order valence-electron chi connectivity index (χ3n) is 4.54. The smallest absolute Gasteiger partial charge is 0.269 e. The minimum absolute atomic E-state index is 0.171. The Hall–Kier alpha value is -3.02. The molecule has 1 atom stereocenters. The van der Waals surface area contributed by atoms with Crippen LogP contribution in [-0.4, -0.2) is 36.0 Å². The molecule has 0 spiro atoms. The summed E-state index contributed by atoms with van der Waals surface area (Å²) in [4.78, 5) is 26.1. The van der Waals surface area contributed by atoms with E-state index in [1.54, 1.807) is 6.07 Å². The Morgan fingerprint density at radius 3 is 2.81 bits per heavy atom. The Labute approximate surface area is 151 Å². The predicted molar refractivity (Wildman–Crippen MR) is 96.1 cm³/mol. The van der Waals surface area contributed by atoms with E-state index in [2.05, 4.69) is 5.32 Å². The number of rotatable bonds is 4. The Morgan fingerprint density at radius 1 is 1.15 bits per heavy atom.